The van der Waals surface area contributed by atoms with Gasteiger partial charge in [-0.15, -0.1) is 0 Å². The van der Waals surface area contributed by atoms with Gasteiger partial charge >= 0.3 is 17.9 Å². The van der Waals surface area contributed by atoms with Crippen molar-refractivity contribution in [1.82, 2.24) is 0 Å². The molecule has 0 bridgehead atoms. The zero-order valence-electron chi connectivity index (χ0n) is 47.0. The summed E-state index contributed by atoms with van der Waals surface area (Å²) in [6, 6.07) is 0. The van der Waals surface area contributed by atoms with E-state index >= 15 is 0 Å². The predicted molar refractivity (Wildman–Crippen MR) is 324 cm³/mol. The fourth-order valence-corrected chi connectivity index (χ4v) is 6.64. The lowest BCUT2D eigenvalue weighted by Crippen LogP contribution is -2.30. The summed E-state index contributed by atoms with van der Waals surface area (Å²) in [6.45, 7) is 6.10. The Kier molecular flexibility index (Phi) is 55.7. The number of allylic oxidation sites excluding steroid dienone is 33. The Balaban J connectivity index is 4.61. The zero-order valence-corrected chi connectivity index (χ0v) is 47.0. The van der Waals surface area contributed by atoms with E-state index in [1.165, 1.54) is 0 Å². The van der Waals surface area contributed by atoms with Gasteiger partial charge in [0.2, 0.25) is 0 Å². The maximum absolute atomic E-state index is 12.8. The summed E-state index contributed by atoms with van der Waals surface area (Å²) < 4.78 is 16.6. The van der Waals surface area contributed by atoms with Crippen LogP contribution in [0.2, 0.25) is 0 Å². The van der Waals surface area contributed by atoms with E-state index in [9.17, 15) is 14.4 Å². The Morgan fingerprint density at radius 2 is 0.507 bits per heavy atom. The molecule has 0 N–H and O–H groups in total. The Bertz CT molecular complexity index is 1900. The molecule has 0 radical (unpaired) electrons. The molecule has 0 heterocycles. The van der Waals surface area contributed by atoms with Gasteiger partial charge in [0.15, 0.2) is 6.10 Å². The lowest BCUT2D eigenvalue weighted by molar-refractivity contribution is -0.166. The van der Waals surface area contributed by atoms with Gasteiger partial charge in [-0.2, -0.15) is 0 Å². The molecular weight excluding hydrogens is 925 g/mol. The first-order chi connectivity index (χ1) is 37.0. The summed E-state index contributed by atoms with van der Waals surface area (Å²) in [6.07, 6.45) is 94.2. The monoisotopic (exact) mass is 1020 g/mol. The van der Waals surface area contributed by atoms with Crippen molar-refractivity contribution in [3.05, 3.63) is 207 Å². The highest BCUT2D eigenvalue weighted by molar-refractivity contribution is 5.72. The molecule has 0 aliphatic heterocycles. The van der Waals surface area contributed by atoms with Crippen LogP contribution in [0, 0.1) is 0 Å². The van der Waals surface area contributed by atoms with Crippen LogP contribution >= 0.6 is 0 Å². The molecule has 0 saturated heterocycles. The Hall–Kier alpha value is -6.01. The van der Waals surface area contributed by atoms with Crippen LogP contribution in [-0.2, 0) is 28.6 Å². The number of rotatable bonds is 48. The number of esters is 3. The van der Waals surface area contributed by atoms with E-state index in [2.05, 4.69) is 215 Å². The molecule has 0 aromatic carbocycles. The number of carbonyl (C=O) groups is 3. The van der Waals surface area contributed by atoms with E-state index < -0.39 is 12.1 Å². The predicted octanol–water partition coefficient (Wildman–Crippen LogP) is 19.6. The molecule has 75 heavy (non-hydrogen) atoms. The largest absolute Gasteiger partial charge is 0.462 e. The number of ether oxygens (including phenoxy) is 3. The van der Waals surface area contributed by atoms with Gasteiger partial charge in [-0.1, -0.05) is 227 Å². The van der Waals surface area contributed by atoms with Gasteiger partial charge in [-0.25, -0.2) is 0 Å². The molecule has 0 aliphatic rings. The molecule has 6 heteroatoms. The van der Waals surface area contributed by atoms with Gasteiger partial charge in [-0.3, -0.25) is 14.4 Å². The van der Waals surface area contributed by atoms with Crippen molar-refractivity contribution >= 4 is 17.9 Å². The standard InChI is InChI=1S/C69H100O6/c1-4-7-10-13-16-19-22-25-28-29-30-31-32-33-34-35-36-37-38-39-42-44-47-50-53-56-59-62-68(71)74-65-66(75-69(72)63-60-57-54-51-48-45-41-27-24-21-18-15-12-9-6-3)64-73-67(70)61-58-55-52-49-46-43-40-26-23-20-17-14-11-8-5-2/h7-12,16-21,25-28,30-31,33-34,36-37,39-42,46-51,57,60,66H,4-6,13-15,22-24,29,32,35,38,43-45,52-56,58-59,61-65H2,1-3H3/b10-7-,11-8-,12-9-,19-16-,20-17-,21-18-,28-25-,31-30-,34-33-,37-36-,40-26-,41-27-,42-39-,49-46-,50-47-,51-48-,60-57-. The van der Waals surface area contributed by atoms with Crippen LogP contribution in [0.5, 0.6) is 0 Å². The van der Waals surface area contributed by atoms with Crippen molar-refractivity contribution in [3.63, 3.8) is 0 Å². The Morgan fingerprint density at radius 3 is 0.760 bits per heavy atom. The molecule has 0 fully saturated rings. The molecular formula is C69H100O6. The fourth-order valence-electron chi connectivity index (χ4n) is 6.64. The van der Waals surface area contributed by atoms with Crippen molar-refractivity contribution in [3.8, 4) is 0 Å². The third-order valence-electron chi connectivity index (χ3n) is 10.8. The molecule has 0 aromatic heterocycles. The van der Waals surface area contributed by atoms with Gasteiger partial charge in [0.1, 0.15) is 13.2 Å². The van der Waals surface area contributed by atoms with Gasteiger partial charge in [-0.05, 0) is 148 Å². The molecule has 6 nitrogen and oxygen atoms in total. The number of hydrogen-bond donors (Lipinski definition) is 0. The van der Waals surface area contributed by atoms with Crippen LogP contribution in [0.15, 0.2) is 207 Å². The van der Waals surface area contributed by atoms with Crippen molar-refractivity contribution in [2.75, 3.05) is 13.2 Å². The first kappa shape index (κ1) is 69.0. The van der Waals surface area contributed by atoms with Crippen molar-refractivity contribution in [2.24, 2.45) is 0 Å². The van der Waals surface area contributed by atoms with Crippen LogP contribution < -0.4 is 0 Å². The minimum atomic E-state index is -0.882. The Morgan fingerprint density at radius 1 is 0.280 bits per heavy atom. The molecule has 0 aromatic rings. The van der Waals surface area contributed by atoms with Crippen molar-refractivity contribution < 1.29 is 28.6 Å². The first-order valence-electron chi connectivity index (χ1n) is 28.6. The third kappa shape index (κ3) is 58.7. The molecule has 0 spiro atoms. The highest BCUT2D eigenvalue weighted by atomic mass is 16.6. The van der Waals surface area contributed by atoms with E-state index in [1.807, 2.05) is 6.08 Å². The topological polar surface area (TPSA) is 78.9 Å². The van der Waals surface area contributed by atoms with E-state index in [1.54, 1.807) is 6.08 Å². The quantitative estimate of drug-likeness (QED) is 0.0261. The SMILES string of the molecule is CC/C=C\C/C=C\C/C=C\C/C=C\C/C=C\C/C=C\C/C=C\C/C=C\CCCCC(=O)OCC(COC(=O)CCCC/C=C\C/C=C\C/C=C\C/C=C\CC)OC(=O)C/C=C\C/C=C\C/C=C\C/C=C\C/C=C\CC. The van der Waals surface area contributed by atoms with Crippen LogP contribution in [-0.4, -0.2) is 37.2 Å². The highest BCUT2D eigenvalue weighted by Crippen LogP contribution is 2.09. The van der Waals surface area contributed by atoms with Gasteiger partial charge < -0.3 is 14.2 Å². The van der Waals surface area contributed by atoms with Crippen LogP contribution in [0.25, 0.3) is 0 Å². The summed E-state index contributed by atoms with van der Waals surface area (Å²) in [5.74, 6) is -1.20. The second kappa shape index (κ2) is 60.5. The average molecular weight is 1030 g/mol. The van der Waals surface area contributed by atoms with E-state index in [0.717, 1.165) is 128 Å². The van der Waals surface area contributed by atoms with Crippen LogP contribution in [0.4, 0.5) is 0 Å². The molecule has 0 aliphatic carbocycles. The van der Waals surface area contributed by atoms with Crippen molar-refractivity contribution in [2.45, 2.75) is 194 Å². The maximum Gasteiger partial charge on any atom is 0.310 e. The maximum atomic E-state index is 12.8. The minimum absolute atomic E-state index is 0.0655. The molecule has 0 amide bonds. The second-order valence-corrected chi connectivity index (χ2v) is 17.7. The Labute approximate surface area is 458 Å². The average Bonchev–Trinajstić information content (AvgIpc) is 3.41. The highest BCUT2D eigenvalue weighted by Gasteiger charge is 2.19. The van der Waals surface area contributed by atoms with E-state index in [-0.39, 0.29) is 44.4 Å². The molecule has 412 valence electrons. The van der Waals surface area contributed by atoms with E-state index in [4.69, 9.17) is 14.2 Å². The smallest absolute Gasteiger partial charge is 0.310 e. The summed E-state index contributed by atoms with van der Waals surface area (Å²) in [7, 11) is 0. The fraction of sp³-hybridized carbons (Fsp3) is 0.464. The summed E-state index contributed by atoms with van der Waals surface area (Å²) in [4.78, 5) is 38.1. The lowest BCUT2D eigenvalue weighted by Gasteiger charge is -2.18. The lowest BCUT2D eigenvalue weighted by atomic mass is 10.2. The van der Waals surface area contributed by atoms with Crippen LogP contribution in [0.1, 0.15) is 188 Å². The summed E-state index contributed by atoms with van der Waals surface area (Å²) in [5.41, 5.74) is 0. The number of carbonyl (C=O) groups excluding carboxylic acids is 3. The first-order valence-corrected chi connectivity index (χ1v) is 28.6. The van der Waals surface area contributed by atoms with Crippen molar-refractivity contribution in [1.29, 1.82) is 0 Å². The van der Waals surface area contributed by atoms with E-state index in [0.29, 0.717) is 19.3 Å². The summed E-state index contributed by atoms with van der Waals surface area (Å²) in [5, 5.41) is 0. The minimum Gasteiger partial charge on any atom is -0.462 e. The normalized spacial score (nSPS) is 13.7. The molecule has 1 unspecified atom stereocenters. The zero-order chi connectivity index (χ0) is 54.3. The van der Waals surface area contributed by atoms with Gasteiger partial charge in [0.05, 0.1) is 6.42 Å². The van der Waals surface area contributed by atoms with Gasteiger partial charge in [0, 0.05) is 12.8 Å². The second-order valence-electron chi connectivity index (χ2n) is 17.7. The molecule has 1 atom stereocenters. The summed E-state index contributed by atoms with van der Waals surface area (Å²) >= 11 is 0. The molecule has 0 rings (SSSR count). The number of hydrogen-bond acceptors (Lipinski definition) is 6. The van der Waals surface area contributed by atoms with Crippen LogP contribution in [0.3, 0.4) is 0 Å². The molecule has 0 saturated carbocycles. The van der Waals surface area contributed by atoms with Gasteiger partial charge in [0.25, 0.3) is 0 Å². The number of unbranched alkanes of at least 4 members (excludes halogenated alkanes) is 4. The third-order valence-corrected chi connectivity index (χ3v) is 10.8.